The Morgan fingerprint density at radius 2 is 1.71 bits per heavy atom. The lowest BCUT2D eigenvalue weighted by molar-refractivity contribution is -0.174. The van der Waals surface area contributed by atoms with Crippen molar-refractivity contribution < 1.29 is 42.7 Å². The van der Waals surface area contributed by atoms with Gasteiger partial charge in [0, 0.05) is 18.9 Å². The molecule has 9 atom stereocenters. The molecule has 2 aliphatic rings. The predicted octanol–water partition coefficient (Wildman–Crippen LogP) is 7.99. The Kier molecular flexibility index (Phi) is 14.9. The van der Waals surface area contributed by atoms with Crippen molar-refractivity contribution in [3.8, 4) is 5.75 Å². The van der Waals surface area contributed by atoms with Gasteiger partial charge in [0.2, 0.25) is 0 Å². The fourth-order valence-corrected chi connectivity index (χ4v) is 6.82. The van der Waals surface area contributed by atoms with Crippen LogP contribution < -0.4 is 4.74 Å². The van der Waals surface area contributed by atoms with Crippen LogP contribution in [0, 0.1) is 23.7 Å². The van der Waals surface area contributed by atoms with Crippen LogP contribution in [0.25, 0.3) is 0 Å². The van der Waals surface area contributed by atoms with Crippen molar-refractivity contribution in [2.45, 2.75) is 143 Å². The van der Waals surface area contributed by atoms with Crippen LogP contribution in [-0.2, 0) is 44.6 Å². The van der Waals surface area contributed by atoms with E-state index in [-0.39, 0.29) is 36.2 Å². The van der Waals surface area contributed by atoms with Crippen LogP contribution in [0.2, 0.25) is 0 Å². The summed E-state index contributed by atoms with van der Waals surface area (Å²) in [5, 5.41) is 0. The molecule has 2 heterocycles. The van der Waals surface area contributed by atoms with Gasteiger partial charge >= 0.3 is 11.9 Å². The van der Waals surface area contributed by atoms with Gasteiger partial charge in [-0.3, -0.25) is 4.79 Å². The Labute approximate surface area is 295 Å². The van der Waals surface area contributed by atoms with Crippen LogP contribution in [-0.4, -0.2) is 68.1 Å². The quantitative estimate of drug-likeness (QED) is 0.160. The normalized spacial score (nSPS) is 28.1. The summed E-state index contributed by atoms with van der Waals surface area (Å²) in [6.07, 6.45) is 6.63. The van der Waals surface area contributed by atoms with Crippen molar-refractivity contribution in [3.63, 3.8) is 0 Å². The third-order valence-corrected chi connectivity index (χ3v) is 9.36. The first-order valence-corrected chi connectivity index (χ1v) is 17.8. The van der Waals surface area contributed by atoms with Crippen LogP contribution in [0.15, 0.2) is 48.1 Å². The molecule has 0 unspecified atom stereocenters. The summed E-state index contributed by atoms with van der Waals surface area (Å²) in [4.78, 5) is 26.6. The number of benzene rings is 1. The van der Waals surface area contributed by atoms with Crippen molar-refractivity contribution in [2.75, 3.05) is 14.2 Å². The minimum Gasteiger partial charge on any atom is -0.497 e. The van der Waals surface area contributed by atoms with Crippen LogP contribution in [0.5, 0.6) is 5.75 Å². The number of rotatable bonds is 12. The summed E-state index contributed by atoms with van der Waals surface area (Å²) in [6, 6.07) is 7.77. The number of carbonyl (C=O) groups is 2. The van der Waals surface area contributed by atoms with Crippen molar-refractivity contribution in [1.29, 1.82) is 0 Å². The number of methoxy groups -OCH3 is 2. The van der Waals surface area contributed by atoms with Gasteiger partial charge < -0.3 is 33.2 Å². The number of allylic oxidation sites excluding steroid dienone is 1. The van der Waals surface area contributed by atoms with E-state index in [0.29, 0.717) is 12.5 Å². The zero-order valence-corrected chi connectivity index (χ0v) is 31.9. The number of fused-ring (bicyclic) bond motifs is 1. The number of hydrogen-bond acceptors (Lipinski definition) is 9. The monoisotopic (exact) mass is 686 g/mol. The van der Waals surface area contributed by atoms with Crippen molar-refractivity contribution in [2.24, 2.45) is 23.7 Å². The molecule has 1 saturated heterocycles. The zero-order chi connectivity index (χ0) is 36.5. The summed E-state index contributed by atoms with van der Waals surface area (Å²) in [5.74, 6) is -0.765. The van der Waals surface area contributed by atoms with Gasteiger partial charge in [0.15, 0.2) is 11.9 Å². The van der Waals surface area contributed by atoms with E-state index in [0.717, 1.165) is 36.1 Å². The van der Waals surface area contributed by atoms with Gasteiger partial charge in [-0.2, -0.15) is 0 Å². The highest BCUT2D eigenvalue weighted by Crippen LogP contribution is 2.34. The topological polar surface area (TPSA) is 98.8 Å². The van der Waals surface area contributed by atoms with E-state index in [2.05, 4.69) is 32.9 Å². The average Bonchev–Trinajstić information content (AvgIpc) is 3.34. The molecule has 49 heavy (non-hydrogen) atoms. The van der Waals surface area contributed by atoms with Gasteiger partial charge in [-0.15, -0.1) is 0 Å². The lowest BCUT2D eigenvalue weighted by atomic mass is 9.84. The maximum atomic E-state index is 13.7. The molecule has 0 bridgehead atoms. The van der Waals surface area contributed by atoms with Gasteiger partial charge in [-0.1, -0.05) is 64.5 Å². The fraction of sp³-hybridized carbons (Fsp3) is 0.700. The Morgan fingerprint density at radius 1 is 1.04 bits per heavy atom. The van der Waals surface area contributed by atoms with Crippen LogP contribution in [0.4, 0.5) is 0 Å². The third kappa shape index (κ3) is 12.5. The molecular weight excluding hydrogens is 624 g/mol. The molecular formula is C40H62O9. The minimum atomic E-state index is -0.898. The number of esters is 2. The summed E-state index contributed by atoms with van der Waals surface area (Å²) >= 11 is 0. The second kappa shape index (κ2) is 18.0. The van der Waals surface area contributed by atoms with Gasteiger partial charge in [0.25, 0.3) is 0 Å². The van der Waals surface area contributed by atoms with Crippen molar-refractivity contribution in [3.05, 3.63) is 53.6 Å². The van der Waals surface area contributed by atoms with Crippen LogP contribution >= 0.6 is 0 Å². The maximum absolute atomic E-state index is 13.7. The van der Waals surface area contributed by atoms with E-state index in [1.54, 1.807) is 14.2 Å². The summed E-state index contributed by atoms with van der Waals surface area (Å²) in [6.45, 7) is 20.0. The molecule has 9 nitrogen and oxygen atoms in total. The first-order valence-electron chi connectivity index (χ1n) is 17.8. The first-order chi connectivity index (χ1) is 22.9. The summed E-state index contributed by atoms with van der Waals surface area (Å²) in [5.41, 5.74) is 1.33. The second-order valence-electron chi connectivity index (χ2n) is 15.5. The molecule has 2 aliphatic heterocycles. The Hall–Kier alpha value is -2.72. The molecule has 0 N–H and O–H groups in total. The van der Waals surface area contributed by atoms with Crippen LogP contribution in [0.3, 0.4) is 0 Å². The first kappa shape index (κ1) is 40.7. The summed E-state index contributed by atoms with van der Waals surface area (Å²) < 4.78 is 42.0. The molecule has 3 rings (SSSR count). The maximum Gasteiger partial charge on any atom is 0.339 e. The molecule has 9 heteroatoms. The van der Waals surface area contributed by atoms with E-state index >= 15 is 0 Å². The average molecular weight is 687 g/mol. The highest BCUT2D eigenvalue weighted by Gasteiger charge is 2.46. The third-order valence-electron chi connectivity index (χ3n) is 9.36. The van der Waals surface area contributed by atoms with Gasteiger partial charge in [-0.05, 0) is 89.5 Å². The number of ether oxygens (including phenoxy) is 7. The molecule has 276 valence electrons. The Bertz CT molecular complexity index is 1260. The molecule has 0 radical (unpaired) electrons. The second-order valence-corrected chi connectivity index (χ2v) is 15.5. The largest absolute Gasteiger partial charge is 0.497 e. The van der Waals surface area contributed by atoms with E-state index in [4.69, 9.17) is 33.2 Å². The predicted molar refractivity (Wildman–Crippen MR) is 190 cm³/mol. The van der Waals surface area contributed by atoms with Gasteiger partial charge in [0.1, 0.15) is 23.6 Å². The van der Waals surface area contributed by atoms with Crippen molar-refractivity contribution in [1.82, 2.24) is 0 Å². The lowest BCUT2D eigenvalue weighted by Crippen LogP contribution is -2.40. The summed E-state index contributed by atoms with van der Waals surface area (Å²) in [7, 11) is 3.25. The van der Waals surface area contributed by atoms with E-state index < -0.39 is 41.8 Å². The van der Waals surface area contributed by atoms with E-state index in [1.165, 1.54) is 0 Å². The molecule has 1 aromatic rings. The molecule has 1 aromatic carbocycles. The van der Waals surface area contributed by atoms with Gasteiger partial charge in [0.05, 0.1) is 32.3 Å². The number of hydrogen-bond donors (Lipinski definition) is 0. The zero-order valence-electron chi connectivity index (χ0n) is 31.9. The van der Waals surface area contributed by atoms with Crippen molar-refractivity contribution >= 4 is 11.9 Å². The fourth-order valence-electron chi connectivity index (χ4n) is 6.82. The highest BCUT2D eigenvalue weighted by molar-refractivity contribution is 5.76. The standard InChI is InChI=1S/C40H62O9/c1-25-14-13-15-26(2)35(46-38(42)37-32(21-16-25)47-40(9,10)49-37)27(3)22-28(4)36(45-24-30-17-19-31(43-11)20-18-30)29(5)33(44-12)23-34(41)48-39(6,7)8/h16-22,25-26,28-29,32-33,35-37H,13-15,23-24H2,1-12H3/b21-16+,27-22+/t25-,26+,28-,29-,32-,33-,35+,36-,37-/m1/s1. The lowest BCUT2D eigenvalue weighted by Gasteiger charge is -2.34. The van der Waals surface area contributed by atoms with Crippen LogP contribution in [0.1, 0.15) is 100 Å². The molecule has 0 aromatic heterocycles. The number of carbonyl (C=O) groups excluding carboxylic acids is 2. The molecule has 0 saturated carbocycles. The van der Waals surface area contributed by atoms with E-state index in [1.807, 2.05) is 78.8 Å². The molecule has 1 fully saturated rings. The smallest absolute Gasteiger partial charge is 0.339 e. The number of cyclic esters (lactones) is 1. The van der Waals surface area contributed by atoms with Gasteiger partial charge in [-0.25, -0.2) is 4.79 Å². The van der Waals surface area contributed by atoms with E-state index in [9.17, 15) is 9.59 Å². The molecule has 0 spiro atoms. The Morgan fingerprint density at radius 3 is 2.33 bits per heavy atom. The molecule has 0 amide bonds. The SMILES string of the molecule is COc1ccc(CO[C@@H]([C@H](C)[C@@H](CC(=O)OC(C)(C)C)OC)[C@H](C)/C=C(\C)[C@H]2OC(=O)[C@@H]3OC(C)(C)O[C@@H]3/C=C/[C@H](C)CCC[C@@H]2C)cc1. The highest BCUT2D eigenvalue weighted by atomic mass is 16.8. The molecule has 0 aliphatic carbocycles. The Balaban J connectivity index is 1.91. The minimum absolute atomic E-state index is 0.0757.